The summed E-state index contributed by atoms with van der Waals surface area (Å²) >= 11 is 6.31. The molecule has 2 aliphatic rings. The average molecular weight is 416 g/mol. The first-order valence-electron chi connectivity index (χ1n) is 9.96. The van der Waals surface area contributed by atoms with Crippen LogP contribution < -0.4 is 5.32 Å². The summed E-state index contributed by atoms with van der Waals surface area (Å²) < 4.78 is 1.27. The summed E-state index contributed by atoms with van der Waals surface area (Å²) in [6, 6.07) is 8.33. The van der Waals surface area contributed by atoms with Crippen LogP contribution >= 0.6 is 11.6 Å². The molecule has 3 atom stereocenters. The lowest BCUT2D eigenvalue weighted by atomic mass is 10.0. The van der Waals surface area contributed by atoms with Gasteiger partial charge in [0.1, 0.15) is 0 Å². The van der Waals surface area contributed by atoms with Gasteiger partial charge in [-0.05, 0) is 43.4 Å². The topological polar surface area (TPSA) is 70.5 Å². The maximum absolute atomic E-state index is 12.8. The van der Waals surface area contributed by atoms with Gasteiger partial charge < -0.3 is 10.2 Å². The van der Waals surface area contributed by atoms with Crippen molar-refractivity contribution in [3.05, 3.63) is 52.8 Å². The molecule has 2 heterocycles. The molecule has 0 bridgehead atoms. The molecule has 1 saturated heterocycles. The quantitative estimate of drug-likeness (QED) is 0.833. The van der Waals surface area contributed by atoms with E-state index in [4.69, 9.17) is 11.6 Å². The molecule has 7 nitrogen and oxygen atoms in total. The summed E-state index contributed by atoms with van der Waals surface area (Å²) in [5.74, 6) is 0.768. The lowest BCUT2D eigenvalue weighted by molar-refractivity contribution is 0.0963. The van der Waals surface area contributed by atoms with Gasteiger partial charge in [0.25, 0.3) is 5.91 Å². The van der Waals surface area contributed by atoms with Gasteiger partial charge in [-0.3, -0.25) is 9.69 Å². The Morgan fingerprint density at radius 2 is 1.93 bits per heavy atom. The van der Waals surface area contributed by atoms with Crippen LogP contribution in [0.4, 0.5) is 4.79 Å². The Hall–Kier alpha value is -2.38. The molecule has 2 aromatic rings. The Bertz CT molecular complexity index is 900. The number of fused-ring (bicyclic) bond motifs is 1. The lowest BCUT2D eigenvalue weighted by Gasteiger charge is -2.26. The van der Waals surface area contributed by atoms with Gasteiger partial charge in [-0.2, -0.15) is 9.78 Å². The van der Waals surface area contributed by atoms with Crippen LogP contribution in [-0.2, 0) is 6.54 Å². The first-order chi connectivity index (χ1) is 14.0. The largest absolute Gasteiger partial charge is 0.355 e. The first-order valence-corrected chi connectivity index (χ1v) is 10.3. The van der Waals surface area contributed by atoms with Gasteiger partial charge in [0, 0.05) is 43.9 Å². The molecule has 8 heteroatoms. The number of nitrogens with one attached hydrogen (secondary N) is 1. The fraction of sp³-hybridized carbons (Fsp3) is 0.476. The van der Waals surface area contributed by atoms with Crippen molar-refractivity contribution in [2.75, 3.05) is 27.2 Å². The number of aromatic nitrogens is 2. The lowest BCUT2D eigenvalue weighted by Crippen LogP contribution is -2.36. The third-order valence-corrected chi connectivity index (χ3v) is 6.63. The predicted molar refractivity (Wildman–Crippen MR) is 111 cm³/mol. The molecule has 0 spiro atoms. The SMILES string of the molecule is CNC(=O)c1cnn(C(=O)N2C[C@H]3CC(N(C)Cc4ccccc4Cl)C[C@H]3C2)c1. The summed E-state index contributed by atoms with van der Waals surface area (Å²) in [4.78, 5) is 28.7. The van der Waals surface area contributed by atoms with Crippen molar-refractivity contribution in [1.82, 2.24) is 24.9 Å². The van der Waals surface area contributed by atoms with E-state index in [0.29, 0.717) is 23.4 Å². The highest BCUT2D eigenvalue weighted by Gasteiger charge is 2.43. The molecule has 29 heavy (non-hydrogen) atoms. The van der Waals surface area contributed by atoms with Crippen LogP contribution in [0.1, 0.15) is 28.8 Å². The van der Waals surface area contributed by atoms with Crippen molar-refractivity contribution in [3.63, 3.8) is 0 Å². The standard InChI is InChI=1S/C21H26ClN5O2/c1-23-20(28)17-9-24-27(13-17)21(29)26-11-15-7-18(8-16(15)12-26)25(2)10-14-5-3-4-6-19(14)22/h3-6,9,13,15-16,18H,7-8,10-12H2,1-2H3,(H,23,28)/t15-,16+,18?. The molecule has 1 aromatic heterocycles. The summed E-state index contributed by atoms with van der Waals surface area (Å²) in [6.07, 6.45) is 5.08. The molecule has 1 N–H and O–H groups in total. The molecule has 0 radical (unpaired) electrons. The van der Waals surface area contributed by atoms with Gasteiger partial charge in [0.05, 0.1) is 11.8 Å². The highest BCUT2D eigenvalue weighted by atomic mass is 35.5. The molecule has 1 aromatic carbocycles. The molecule has 1 unspecified atom stereocenters. The number of carbonyl (C=O) groups excluding carboxylic acids is 2. The normalized spacial score (nSPS) is 23.4. The maximum Gasteiger partial charge on any atom is 0.344 e. The highest BCUT2D eigenvalue weighted by molar-refractivity contribution is 6.31. The Morgan fingerprint density at radius 3 is 2.59 bits per heavy atom. The summed E-state index contributed by atoms with van der Waals surface area (Å²) in [6.45, 7) is 2.33. The number of halogens is 1. The number of carbonyl (C=O) groups is 2. The van der Waals surface area contributed by atoms with Crippen molar-refractivity contribution in [1.29, 1.82) is 0 Å². The van der Waals surface area contributed by atoms with E-state index in [-0.39, 0.29) is 11.9 Å². The Balaban J connectivity index is 1.34. The summed E-state index contributed by atoms with van der Waals surface area (Å²) in [7, 11) is 3.71. The van der Waals surface area contributed by atoms with Crippen molar-refractivity contribution in [3.8, 4) is 0 Å². The zero-order valence-electron chi connectivity index (χ0n) is 16.7. The third-order valence-electron chi connectivity index (χ3n) is 6.27. The van der Waals surface area contributed by atoms with Crippen LogP contribution in [0.3, 0.4) is 0 Å². The van der Waals surface area contributed by atoms with Crippen LogP contribution in [0.15, 0.2) is 36.7 Å². The first kappa shape index (κ1) is 19.9. The second-order valence-corrected chi connectivity index (χ2v) is 8.50. The summed E-state index contributed by atoms with van der Waals surface area (Å²) in [5, 5.41) is 7.42. The number of likely N-dealkylation sites (tertiary alicyclic amines) is 1. The minimum absolute atomic E-state index is 0.157. The molecule has 4 rings (SSSR count). The van der Waals surface area contributed by atoms with Crippen molar-refractivity contribution >= 4 is 23.5 Å². The minimum Gasteiger partial charge on any atom is -0.355 e. The Labute approximate surface area is 175 Å². The van der Waals surface area contributed by atoms with Crippen molar-refractivity contribution in [2.45, 2.75) is 25.4 Å². The minimum atomic E-state index is -0.244. The average Bonchev–Trinajstić information content (AvgIpc) is 3.43. The van der Waals surface area contributed by atoms with Gasteiger partial charge >= 0.3 is 6.03 Å². The number of benzene rings is 1. The summed E-state index contributed by atoms with van der Waals surface area (Å²) in [5.41, 5.74) is 1.54. The molecular formula is C21H26ClN5O2. The molecule has 154 valence electrons. The fourth-order valence-electron chi connectivity index (χ4n) is 4.64. The smallest absolute Gasteiger partial charge is 0.344 e. The number of nitrogens with zero attached hydrogens (tertiary/aromatic N) is 4. The van der Waals surface area contributed by atoms with E-state index in [1.54, 1.807) is 7.05 Å². The Kier molecular flexibility index (Phi) is 5.61. The van der Waals surface area contributed by atoms with Crippen LogP contribution in [0.2, 0.25) is 5.02 Å². The van der Waals surface area contributed by atoms with Crippen molar-refractivity contribution < 1.29 is 9.59 Å². The molecule has 2 fully saturated rings. The van der Waals surface area contributed by atoms with E-state index < -0.39 is 0 Å². The predicted octanol–water partition coefficient (Wildman–Crippen LogP) is 2.71. The van der Waals surface area contributed by atoms with Crippen LogP contribution in [0.5, 0.6) is 0 Å². The van der Waals surface area contributed by atoms with Gasteiger partial charge in [0.15, 0.2) is 0 Å². The monoisotopic (exact) mass is 415 g/mol. The second kappa shape index (κ2) is 8.16. The number of hydrogen-bond acceptors (Lipinski definition) is 4. The zero-order valence-corrected chi connectivity index (χ0v) is 17.5. The molecular weight excluding hydrogens is 390 g/mol. The third kappa shape index (κ3) is 4.02. The van der Waals surface area contributed by atoms with E-state index in [2.05, 4.69) is 28.4 Å². The fourth-order valence-corrected chi connectivity index (χ4v) is 4.84. The van der Waals surface area contributed by atoms with Gasteiger partial charge in [-0.15, -0.1) is 0 Å². The van der Waals surface area contributed by atoms with Gasteiger partial charge in [0.2, 0.25) is 0 Å². The highest BCUT2D eigenvalue weighted by Crippen LogP contribution is 2.40. The van der Waals surface area contributed by atoms with Crippen LogP contribution in [-0.4, -0.2) is 64.7 Å². The van der Waals surface area contributed by atoms with E-state index in [9.17, 15) is 9.59 Å². The maximum atomic E-state index is 12.8. The van der Waals surface area contributed by atoms with Gasteiger partial charge in [-0.25, -0.2) is 4.79 Å². The number of rotatable bonds is 4. The molecule has 1 aliphatic carbocycles. The zero-order chi connectivity index (χ0) is 20.5. The Morgan fingerprint density at radius 1 is 1.24 bits per heavy atom. The molecule has 2 amide bonds. The van der Waals surface area contributed by atoms with E-state index in [0.717, 1.165) is 43.1 Å². The molecule has 1 aliphatic heterocycles. The second-order valence-electron chi connectivity index (χ2n) is 8.09. The number of hydrogen-bond donors (Lipinski definition) is 1. The number of amides is 2. The van der Waals surface area contributed by atoms with E-state index >= 15 is 0 Å². The van der Waals surface area contributed by atoms with E-state index in [1.165, 1.54) is 17.1 Å². The van der Waals surface area contributed by atoms with Crippen LogP contribution in [0, 0.1) is 11.8 Å². The van der Waals surface area contributed by atoms with Gasteiger partial charge in [-0.1, -0.05) is 29.8 Å². The molecule has 1 saturated carbocycles. The van der Waals surface area contributed by atoms with Crippen molar-refractivity contribution in [2.24, 2.45) is 11.8 Å². The van der Waals surface area contributed by atoms with Crippen LogP contribution in [0.25, 0.3) is 0 Å². The van der Waals surface area contributed by atoms with E-state index in [1.807, 2.05) is 23.1 Å².